The molecule has 0 nitrogen and oxygen atoms in total. The summed E-state index contributed by atoms with van der Waals surface area (Å²) >= 11 is 0. The van der Waals surface area contributed by atoms with E-state index in [1.807, 2.05) is 35.5 Å². The SMILES string of the molecule is C.C.C.C.C.C.C.C.[C-]#CC#CC.[C-]#CC#CC.[C-]#CC#CC.[C-]#CC#CC.[C-]#CC#CC.[C-]#CC#CC.[CH2-]CCCC.[CH2-]CCCC.[CH2-]CCCC.[CH2-]CCCCC.[CH2-]CCC[CH2-].[CH2-]CC[CH2-].[CH3-].[CH3-].[HH].[HH].[HH].[HH].[HH].[HH].[Hf+4].[Hf+4].[Hf+4].[Hf+4]. The summed E-state index contributed by atoms with van der Waals surface area (Å²) in [6, 6.07) is 0. The normalized spacial score (nSPS) is 4.70. The summed E-state index contributed by atoms with van der Waals surface area (Å²) in [5.41, 5.74) is 0. The van der Waals surface area contributed by atoms with Gasteiger partial charge in [-0.1, -0.05) is 145 Å². The Morgan fingerprint density at radius 2 is 0.392 bits per heavy atom. The molecule has 4 heteroatoms. The fourth-order valence-electron chi connectivity index (χ4n) is 1.73. The fraction of sp³-hybridized carbons (Fsp3) is 0.514. The molecule has 0 rings (SSSR count). The van der Waals surface area contributed by atoms with E-state index in [0.29, 0.717) is 0 Å². The molecular formula is C70H132Hf4. The number of unbranched alkanes of at least 4 members (excludes halogenated alkanes) is 12. The van der Waals surface area contributed by atoms with Crippen LogP contribution in [-0.4, -0.2) is 0 Å². The van der Waals surface area contributed by atoms with Crippen molar-refractivity contribution < 1.29 is 112 Å². The summed E-state index contributed by atoms with van der Waals surface area (Å²) in [4.78, 5) is 0. The Hall–Kier alpha value is -1.80. The van der Waals surface area contributed by atoms with Crippen molar-refractivity contribution in [3.8, 4) is 107 Å². The van der Waals surface area contributed by atoms with Gasteiger partial charge in [-0.05, 0) is 41.5 Å². The standard InChI is InChI=1S/C6H13.3C5H11.C5H10.6C5H3.C4H8.8CH4.2CH3.4Hf.6H2/c1-3-5-6-4-2;10*1-3-5-4-2;1-3-4-2;;;;;;;;;;;;;;;;;;;;/h1,3-6H2,2H3;3*1,3-5H2,2H3;1-5H2;6*1H3;1-4H2;8*1H4;2*1H3;;;;;6*1H/q4*-1;-2;6*-1;-2;;;;;;;;;2*-1;4*+4;;;;;;. The van der Waals surface area contributed by atoms with Gasteiger partial charge in [-0.25, -0.2) is 48.4 Å². The van der Waals surface area contributed by atoms with Crippen LogP contribution in [0, 0.1) is 215 Å². The minimum atomic E-state index is 0. The van der Waals surface area contributed by atoms with Crippen LogP contribution >= 0.6 is 0 Å². The molecule has 0 unspecified atom stereocenters. The van der Waals surface area contributed by atoms with Crippen molar-refractivity contribution >= 4 is 0 Å². The van der Waals surface area contributed by atoms with E-state index >= 15 is 0 Å². The maximum atomic E-state index is 6.18. The minimum Gasteiger partial charge on any atom is -0.358 e. The van der Waals surface area contributed by atoms with Crippen molar-refractivity contribution in [3.05, 3.63) is 109 Å². The summed E-state index contributed by atoms with van der Waals surface area (Å²) < 4.78 is 0. The van der Waals surface area contributed by atoms with Crippen molar-refractivity contribution in [2.45, 2.75) is 244 Å². The molecule has 0 saturated carbocycles. The molecule has 428 valence electrons. The Morgan fingerprint density at radius 3 is 0.405 bits per heavy atom. The third-order valence-corrected chi connectivity index (χ3v) is 4.54. The van der Waals surface area contributed by atoms with E-state index in [2.05, 4.69) is 154 Å². The van der Waals surface area contributed by atoms with Crippen molar-refractivity contribution in [2.24, 2.45) is 0 Å². The molecule has 0 heterocycles. The Balaban J connectivity index is -0.0000000102. The van der Waals surface area contributed by atoms with E-state index in [-0.39, 0.29) is 186 Å². The molecule has 0 N–H and O–H groups in total. The van der Waals surface area contributed by atoms with Crippen LogP contribution < -0.4 is 0 Å². The van der Waals surface area contributed by atoms with E-state index in [1.54, 1.807) is 41.5 Å². The Morgan fingerprint density at radius 1 is 0.257 bits per heavy atom. The average molecular weight is 1690 g/mol. The van der Waals surface area contributed by atoms with Crippen LogP contribution in [0.25, 0.3) is 0 Å². The van der Waals surface area contributed by atoms with Gasteiger partial charge in [-0.15, -0.1) is 6.42 Å². The first-order chi connectivity index (χ1) is 29.0. The minimum absolute atomic E-state index is 0. The average Bonchev–Trinajstić information content (AvgIpc) is 3.25. The summed E-state index contributed by atoms with van der Waals surface area (Å²) in [6.07, 6.45) is 58.3. The molecule has 0 spiro atoms. The first-order valence-corrected chi connectivity index (χ1v) is 20.3. The predicted molar refractivity (Wildman–Crippen MR) is 352 cm³/mol. The fourth-order valence-corrected chi connectivity index (χ4v) is 1.73. The number of hydrogen-bond donors (Lipinski definition) is 0. The van der Waals surface area contributed by atoms with E-state index in [1.165, 1.54) is 64.2 Å². The van der Waals surface area contributed by atoms with Gasteiger partial charge in [0.25, 0.3) is 0 Å². The third-order valence-electron chi connectivity index (χ3n) is 4.54. The second-order valence-corrected chi connectivity index (χ2v) is 9.95. The van der Waals surface area contributed by atoms with Crippen LogP contribution in [0.15, 0.2) is 0 Å². The van der Waals surface area contributed by atoms with Gasteiger partial charge in [-0.3, -0.25) is 71.0 Å². The van der Waals surface area contributed by atoms with Gasteiger partial charge in [-0.2, -0.15) is 38.5 Å². The second kappa shape index (κ2) is 300. The van der Waals surface area contributed by atoms with Gasteiger partial charge >= 0.3 is 103 Å². The Kier molecular flexibility index (Phi) is 695. The molecule has 0 amide bonds. The zero-order chi connectivity index (χ0) is 49.5. The van der Waals surface area contributed by atoms with Crippen molar-refractivity contribution in [3.63, 3.8) is 0 Å². The first-order valence-electron chi connectivity index (χ1n) is 20.3. The Labute approximate surface area is 566 Å². The van der Waals surface area contributed by atoms with Crippen molar-refractivity contribution in [1.82, 2.24) is 0 Å². The molecule has 0 atom stereocenters. The maximum absolute atomic E-state index is 6.18. The summed E-state index contributed by atoms with van der Waals surface area (Å²) in [5, 5.41) is 0. The molecule has 0 aliphatic heterocycles. The third kappa shape index (κ3) is 682. The van der Waals surface area contributed by atoms with Crippen LogP contribution in [0.2, 0.25) is 0 Å². The summed E-state index contributed by atoms with van der Waals surface area (Å²) in [5.74, 6) is 39.9. The molecule has 0 saturated heterocycles. The van der Waals surface area contributed by atoms with E-state index in [0.717, 1.165) is 51.4 Å². The smallest absolute Gasteiger partial charge is 0.358 e. The van der Waals surface area contributed by atoms with Gasteiger partial charge in [0, 0.05) is 8.56 Å². The topological polar surface area (TPSA) is 0 Å². The van der Waals surface area contributed by atoms with E-state index < -0.39 is 0 Å². The zero-order valence-corrected chi connectivity index (χ0v) is 58.8. The van der Waals surface area contributed by atoms with Gasteiger partial charge in [0.15, 0.2) is 0 Å². The number of rotatable bonds is 12. The molecule has 0 aliphatic rings. The van der Waals surface area contributed by atoms with Crippen LogP contribution in [-0.2, 0) is 103 Å². The quantitative estimate of drug-likeness (QED) is 0.0791. The van der Waals surface area contributed by atoms with Gasteiger partial charge in [0.2, 0.25) is 0 Å². The molecule has 0 aromatic heterocycles. The molecule has 0 aliphatic carbocycles. The molecule has 74 heavy (non-hydrogen) atoms. The first kappa shape index (κ1) is 171. The van der Waals surface area contributed by atoms with Gasteiger partial charge < -0.3 is 109 Å². The Bertz CT molecular complexity index is 1100. The summed E-state index contributed by atoms with van der Waals surface area (Å²) in [7, 11) is 0. The van der Waals surface area contributed by atoms with Crippen LogP contribution in [0.3, 0.4) is 0 Å². The summed E-state index contributed by atoms with van der Waals surface area (Å²) in [6.45, 7) is 47.8. The second-order valence-electron chi connectivity index (χ2n) is 9.95. The number of hydrogen-bond acceptors (Lipinski definition) is 0. The largest absolute Gasteiger partial charge is 4.00 e. The van der Waals surface area contributed by atoms with Crippen LogP contribution in [0.4, 0.5) is 0 Å². The maximum Gasteiger partial charge on any atom is 4.00 e. The van der Waals surface area contributed by atoms with Crippen LogP contribution in [0.5, 0.6) is 0 Å². The molecule has 0 aromatic carbocycles. The molecular weight excluding hydrogens is 1550 g/mol. The monoisotopic (exact) mass is 1690 g/mol. The van der Waals surface area contributed by atoms with Crippen molar-refractivity contribution in [2.75, 3.05) is 0 Å². The van der Waals surface area contributed by atoms with Gasteiger partial charge in [0.1, 0.15) is 0 Å². The van der Waals surface area contributed by atoms with Crippen LogP contribution in [0.1, 0.15) is 253 Å². The van der Waals surface area contributed by atoms with E-state index in [4.69, 9.17) is 38.5 Å². The van der Waals surface area contributed by atoms with Crippen molar-refractivity contribution in [1.29, 1.82) is 0 Å². The van der Waals surface area contributed by atoms with Gasteiger partial charge in [0.05, 0.1) is 0 Å². The zero-order valence-electron chi connectivity index (χ0n) is 44.4. The predicted octanol–water partition coefficient (Wildman–Crippen LogP) is 22.7. The molecule has 0 bridgehead atoms. The van der Waals surface area contributed by atoms with E-state index in [9.17, 15) is 0 Å². The molecule has 0 radical (unpaired) electrons. The molecule has 0 fully saturated rings. The molecule has 0 aromatic rings.